The maximum absolute atomic E-state index is 12.5. The van der Waals surface area contributed by atoms with Crippen molar-refractivity contribution in [2.24, 2.45) is 0 Å². The number of rotatable bonds is 5. The summed E-state index contributed by atoms with van der Waals surface area (Å²) >= 11 is 0. The van der Waals surface area contributed by atoms with Crippen molar-refractivity contribution >= 4 is 11.9 Å². The SMILES string of the molecule is O=C(NCCn1cccc1)N[C@@H]1CCCN(C(=O)c2ccccc2)C1. The molecule has 0 unspecified atom stereocenters. The Labute approximate surface area is 147 Å². The van der Waals surface area contributed by atoms with Gasteiger partial charge >= 0.3 is 6.03 Å². The highest BCUT2D eigenvalue weighted by Gasteiger charge is 2.25. The van der Waals surface area contributed by atoms with Crippen molar-refractivity contribution < 1.29 is 9.59 Å². The molecule has 0 radical (unpaired) electrons. The molecule has 0 spiro atoms. The number of urea groups is 1. The summed E-state index contributed by atoms with van der Waals surface area (Å²) in [6.45, 7) is 2.60. The van der Waals surface area contributed by atoms with E-state index < -0.39 is 0 Å². The minimum Gasteiger partial charge on any atom is -0.353 e. The zero-order valence-electron chi connectivity index (χ0n) is 14.2. The summed E-state index contributed by atoms with van der Waals surface area (Å²) in [6, 6.07) is 13.0. The molecule has 2 N–H and O–H groups in total. The van der Waals surface area contributed by atoms with Crippen LogP contribution in [0.25, 0.3) is 0 Å². The Morgan fingerprint density at radius 2 is 1.84 bits per heavy atom. The van der Waals surface area contributed by atoms with Gasteiger partial charge in [0, 0.05) is 50.2 Å². The van der Waals surface area contributed by atoms with Gasteiger partial charge in [-0.05, 0) is 37.1 Å². The molecular formula is C19H24N4O2. The molecule has 6 nitrogen and oxygen atoms in total. The standard InChI is InChI=1S/C19H24N4O2/c24-18(16-7-2-1-3-8-16)23-13-6-9-17(15-23)21-19(25)20-10-14-22-11-4-5-12-22/h1-5,7-8,11-12,17H,6,9-10,13-15H2,(H2,20,21,25)/t17-/m1/s1. The number of piperidine rings is 1. The van der Waals surface area contributed by atoms with Crippen LogP contribution in [0, 0.1) is 0 Å². The summed E-state index contributed by atoms with van der Waals surface area (Å²) < 4.78 is 2.02. The van der Waals surface area contributed by atoms with E-state index in [0.29, 0.717) is 18.7 Å². The Bertz CT molecular complexity index is 685. The first kappa shape index (κ1) is 17.1. The Morgan fingerprint density at radius 1 is 1.08 bits per heavy atom. The molecule has 132 valence electrons. The number of benzene rings is 1. The fraction of sp³-hybridized carbons (Fsp3) is 0.368. The van der Waals surface area contributed by atoms with Crippen molar-refractivity contribution in [3.8, 4) is 0 Å². The Morgan fingerprint density at radius 3 is 2.60 bits per heavy atom. The maximum atomic E-state index is 12.5. The molecular weight excluding hydrogens is 316 g/mol. The van der Waals surface area contributed by atoms with Gasteiger partial charge in [0.15, 0.2) is 0 Å². The quantitative estimate of drug-likeness (QED) is 0.875. The van der Waals surface area contributed by atoms with Crippen LogP contribution in [-0.4, -0.2) is 47.1 Å². The molecule has 1 aliphatic rings. The smallest absolute Gasteiger partial charge is 0.315 e. The van der Waals surface area contributed by atoms with Crippen LogP contribution >= 0.6 is 0 Å². The van der Waals surface area contributed by atoms with Crippen molar-refractivity contribution in [3.05, 3.63) is 60.4 Å². The fourth-order valence-electron chi connectivity index (χ4n) is 3.10. The molecule has 1 saturated heterocycles. The summed E-state index contributed by atoms with van der Waals surface area (Å²) in [5.41, 5.74) is 0.694. The number of nitrogens with zero attached hydrogens (tertiary/aromatic N) is 2. The van der Waals surface area contributed by atoms with Crippen LogP contribution in [0.1, 0.15) is 23.2 Å². The van der Waals surface area contributed by atoms with Crippen LogP contribution in [0.4, 0.5) is 4.79 Å². The number of carbonyl (C=O) groups is 2. The summed E-state index contributed by atoms with van der Waals surface area (Å²) in [7, 11) is 0. The first-order chi connectivity index (χ1) is 12.2. The van der Waals surface area contributed by atoms with Crippen LogP contribution in [0.2, 0.25) is 0 Å². The van der Waals surface area contributed by atoms with E-state index in [1.807, 2.05) is 64.3 Å². The Balaban J connectivity index is 1.44. The van der Waals surface area contributed by atoms with Crippen LogP contribution < -0.4 is 10.6 Å². The van der Waals surface area contributed by atoms with Gasteiger partial charge in [0.1, 0.15) is 0 Å². The van der Waals surface area contributed by atoms with Gasteiger partial charge in [0.2, 0.25) is 0 Å². The molecule has 1 aliphatic heterocycles. The third-order valence-corrected chi connectivity index (χ3v) is 4.39. The lowest BCUT2D eigenvalue weighted by molar-refractivity contribution is 0.0697. The molecule has 1 aromatic carbocycles. The predicted octanol–water partition coefficient (Wildman–Crippen LogP) is 2.09. The molecule has 1 atom stereocenters. The van der Waals surface area contributed by atoms with Crippen molar-refractivity contribution in [2.75, 3.05) is 19.6 Å². The zero-order chi connectivity index (χ0) is 17.5. The van der Waals surface area contributed by atoms with Gasteiger partial charge < -0.3 is 20.1 Å². The van der Waals surface area contributed by atoms with Crippen LogP contribution in [-0.2, 0) is 6.54 Å². The largest absolute Gasteiger partial charge is 0.353 e. The highest BCUT2D eigenvalue weighted by atomic mass is 16.2. The molecule has 25 heavy (non-hydrogen) atoms. The fourth-order valence-corrected chi connectivity index (χ4v) is 3.10. The second-order valence-corrected chi connectivity index (χ2v) is 6.28. The molecule has 2 heterocycles. The molecule has 0 saturated carbocycles. The average molecular weight is 340 g/mol. The molecule has 3 rings (SSSR count). The van der Waals surface area contributed by atoms with Gasteiger partial charge in [-0.15, -0.1) is 0 Å². The van der Waals surface area contributed by atoms with Crippen molar-refractivity contribution in [3.63, 3.8) is 0 Å². The normalized spacial score (nSPS) is 17.1. The monoisotopic (exact) mass is 340 g/mol. The van der Waals surface area contributed by atoms with Crippen molar-refractivity contribution in [1.82, 2.24) is 20.1 Å². The lowest BCUT2D eigenvalue weighted by Crippen LogP contribution is -2.52. The van der Waals surface area contributed by atoms with Crippen LogP contribution in [0.15, 0.2) is 54.9 Å². The Hall–Kier alpha value is -2.76. The first-order valence-corrected chi connectivity index (χ1v) is 8.72. The summed E-state index contributed by atoms with van der Waals surface area (Å²) in [6.07, 6.45) is 5.72. The van der Waals surface area contributed by atoms with Gasteiger partial charge in [0.05, 0.1) is 0 Å². The minimum atomic E-state index is -0.175. The topological polar surface area (TPSA) is 66.4 Å². The molecule has 1 aromatic heterocycles. The summed E-state index contributed by atoms with van der Waals surface area (Å²) in [4.78, 5) is 26.4. The zero-order valence-corrected chi connectivity index (χ0v) is 14.2. The molecule has 3 amide bonds. The number of likely N-dealkylation sites (tertiary alicyclic amines) is 1. The van der Waals surface area contributed by atoms with Gasteiger partial charge in [-0.2, -0.15) is 0 Å². The molecule has 0 aliphatic carbocycles. The average Bonchev–Trinajstić information content (AvgIpc) is 3.15. The molecule has 0 bridgehead atoms. The van der Waals surface area contributed by atoms with E-state index in [0.717, 1.165) is 25.9 Å². The summed E-state index contributed by atoms with van der Waals surface area (Å²) in [5.74, 6) is 0.0279. The van der Waals surface area contributed by atoms with Gasteiger partial charge in [-0.25, -0.2) is 4.79 Å². The Kier molecular flexibility index (Phi) is 5.72. The number of nitrogens with one attached hydrogen (secondary N) is 2. The second kappa shape index (κ2) is 8.37. The molecule has 1 fully saturated rings. The molecule has 2 aromatic rings. The van der Waals surface area contributed by atoms with Crippen LogP contribution in [0.5, 0.6) is 0 Å². The molecule has 6 heteroatoms. The van der Waals surface area contributed by atoms with Gasteiger partial charge in [-0.3, -0.25) is 4.79 Å². The first-order valence-electron chi connectivity index (χ1n) is 8.72. The van der Waals surface area contributed by atoms with Crippen LogP contribution in [0.3, 0.4) is 0 Å². The van der Waals surface area contributed by atoms with E-state index in [9.17, 15) is 9.59 Å². The van der Waals surface area contributed by atoms with Crippen molar-refractivity contribution in [2.45, 2.75) is 25.4 Å². The summed E-state index contributed by atoms with van der Waals surface area (Å²) in [5, 5.41) is 5.85. The minimum absolute atomic E-state index is 0.00649. The van der Waals surface area contributed by atoms with Gasteiger partial charge in [0.25, 0.3) is 5.91 Å². The predicted molar refractivity (Wildman–Crippen MR) is 96.3 cm³/mol. The lowest BCUT2D eigenvalue weighted by Gasteiger charge is -2.33. The third kappa shape index (κ3) is 4.86. The second-order valence-electron chi connectivity index (χ2n) is 6.28. The number of carbonyl (C=O) groups excluding carboxylic acids is 2. The number of amides is 3. The van der Waals surface area contributed by atoms with E-state index in [1.54, 1.807) is 0 Å². The number of aromatic nitrogens is 1. The van der Waals surface area contributed by atoms with E-state index in [2.05, 4.69) is 10.6 Å². The van der Waals surface area contributed by atoms with Gasteiger partial charge in [-0.1, -0.05) is 18.2 Å². The highest BCUT2D eigenvalue weighted by molar-refractivity contribution is 5.94. The lowest BCUT2D eigenvalue weighted by atomic mass is 10.0. The third-order valence-electron chi connectivity index (χ3n) is 4.39. The van der Waals surface area contributed by atoms with E-state index >= 15 is 0 Å². The maximum Gasteiger partial charge on any atom is 0.315 e. The number of hydrogen-bond acceptors (Lipinski definition) is 2. The number of hydrogen-bond donors (Lipinski definition) is 2. The van der Waals surface area contributed by atoms with E-state index in [1.165, 1.54) is 0 Å². The highest BCUT2D eigenvalue weighted by Crippen LogP contribution is 2.13. The van der Waals surface area contributed by atoms with E-state index in [-0.39, 0.29) is 18.0 Å². The van der Waals surface area contributed by atoms with E-state index in [4.69, 9.17) is 0 Å². The van der Waals surface area contributed by atoms with Crippen molar-refractivity contribution in [1.29, 1.82) is 0 Å².